The second kappa shape index (κ2) is 8.01. The number of rotatable bonds is 7. The Morgan fingerprint density at radius 1 is 1.23 bits per heavy atom. The molecule has 0 radical (unpaired) electrons. The van der Waals surface area contributed by atoms with Crippen molar-refractivity contribution in [2.24, 2.45) is 0 Å². The Morgan fingerprint density at radius 3 is 2.81 bits per heavy atom. The highest BCUT2D eigenvalue weighted by molar-refractivity contribution is 9.10. The van der Waals surface area contributed by atoms with Gasteiger partial charge in [-0.25, -0.2) is 4.79 Å². The highest BCUT2D eigenvalue weighted by Crippen LogP contribution is 2.32. The molecule has 7 nitrogen and oxygen atoms in total. The zero-order chi connectivity index (χ0) is 18.5. The first-order chi connectivity index (χ1) is 12.6. The molecule has 0 fully saturated rings. The van der Waals surface area contributed by atoms with Crippen LogP contribution in [0.1, 0.15) is 11.4 Å². The standard InChI is InChI=1S/C18H15BrN2O5/c1-24-14-5-3-2-4-11(14)8-16-20-18(26-21-16)13-9-12(19)6-7-15(13)25-10-17(22)23/h2-7,9H,8,10H2,1H3,(H,22,23). The third-order valence-corrected chi connectivity index (χ3v) is 4.03. The SMILES string of the molecule is COc1ccccc1Cc1noc(-c2cc(Br)ccc2OCC(=O)O)n1. The minimum atomic E-state index is -1.07. The van der Waals surface area contributed by atoms with Crippen molar-refractivity contribution in [1.82, 2.24) is 10.1 Å². The largest absolute Gasteiger partial charge is 0.496 e. The van der Waals surface area contributed by atoms with Gasteiger partial charge in [-0.2, -0.15) is 4.98 Å². The molecule has 3 aromatic rings. The van der Waals surface area contributed by atoms with Gasteiger partial charge in [-0.1, -0.05) is 39.3 Å². The van der Waals surface area contributed by atoms with Gasteiger partial charge < -0.3 is 19.1 Å². The van der Waals surface area contributed by atoms with Crippen molar-refractivity contribution in [3.05, 3.63) is 58.3 Å². The summed E-state index contributed by atoms with van der Waals surface area (Å²) in [6, 6.07) is 12.7. The first kappa shape index (κ1) is 17.9. The zero-order valence-electron chi connectivity index (χ0n) is 13.8. The number of para-hydroxylation sites is 1. The lowest BCUT2D eigenvalue weighted by atomic mass is 10.1. The lowest BCUT2D eigenvalue weighted by molar-refractivity contribution is -0.139. The van der Waals surface area contributed by atoms with E-state index in [1.165, 1.54) is 0 Å². The summed E-state index contributed by atoms with van der Waals surface area (Å²) in [6.07, 6.45) is 0.437. The minimum absolute atomic E-state index is 0.247. The summed E-state index contributed by atoms with van der Waals surface area (Å²) in [6.45, 7) is -0.461. The molecule has 0 aliphatic rings. The van der Waals surface area contributed by atoms with Gasteiger partial charge in [0.1, 0.15) is 11.5 Å². The average Bonchev–Trinajstić information content (AvgIpc) is 3.09. The normalized spacial score (nSPS) is 10.5. The number of carbonyl (C=O) groups is 1. The van der Waals surface area contributed by atoms with Crippen LogP contribution in [0, 0.1) is 0 Å². The first-order valence-electron chi connectivity index (χ1n) is 7.66. The number of nitrogens with zero attached hydrogens (tertiary/aromatic N) is 2. The Bertz CT molecular complexity index is 925. The van der Waals surface area contributed by atoms with E-state index in [9.17, 15) is 4.79 Å². The molecule has 0 bridgehead atoms. The summed E-state index contributed by atoms with van der Waals surface area (Å²) in [7, 11) is 1.61. The number of aromatic nitrogens is 2. The molecule has 0 spiro atoms. The molecule has 0 aliphatic heterocycles. The molecule has 1 heterocycles. The highest BCUT2D eigenvalue weighted by Gasteiger charge is 2.16. The first-order valence-corrected chi connectivity index (χ1v) is 8.45. The maximum atomic E-state index is 10.8. The van der Waals surface area contributed by atoms with E-state index in [0.29, 0.717) is 23.6 Å². The van der Waals surface area contributed by atoms with Gasteiger partial charge in [0.2, 0.25) is 0 Å². The summed E-state index contributed by atoms with van der Waals surface area (Å²) in [5, 5.41) is 12.8. The topological polar surface area (TPSA) is 94.7 Å². The predicted molar refractivity (Wildman–Crippen MR) is 96.4 cm³/mol. The van der Waals surface area contributed by atoms with Crippen molar-refractivity contribution in [1.29, 1.82) is 0 Å². The van der Waals surface area contributed by atoms with Crippen LogP contribution in [0.25, 0.3) is 11.5 Å². The molecule has 1 N–H and O–H groups in total. The molecular weight excluding hydrogens is 404 g/mol. The second-order valence-electron chi connectivity index (χ2n) is 5.33. The number of hydrogen-bond acceptors (Lipinski definition) is 6. The molecule has 0 saturated carbocycles. The maximum absolute atomic E-state index is 10.8. The fourth-order valence-corrected chi connectivity index (χ4v) is 2.75. The number of halogens is 1. The van der Waals surface area contributed by atoms with Gasteiger partial charge in [0, 0.05) is 16.5 Å². The van der Waals surface area contributed by atoms with Crippen molar-refractivity contribution in [2.75, 3.05) is 13.7 Å². The van der Waals surface area contributed by atoms with Gasteiger partial charge in [0.25, 0.3) is 5.89 Å². The number of methoxy groups -OCH3 is 1. The Kier molecular flexibility index (Phi) is 5.52. The predicted octanol–water partition coefficient (Wildman–Crippen LogP) is 3.56. The molecule has 0 saturated heterocycles. The van der Waals surface area contributed by atoms with E-state index in [0.717, 1.165) is 15.8 Å². The van der Waals surface area contributed by atoms with Gasteiger partial charge in [-0.05, 0) is 24.3 Å². The summed E-state index contributed by atoms with van der Waals surface area (Å²) < 4.78 is 16.8. The van der Waals surface area contributed by atoms with Crippen LogP contribution < -0.4 is 9.47 Å². The van der Waals surface area contributed by atoms with E-state index in [1.807, 2.05) is 24.3 Å². The third kappa shape index (κ3) is 4.20. The summed E-state index contributed by atoms with van der Waals surface area (Å²) in [5.41, 5.74) is 1.44. The van der Waals surface area contributed by atoms with Crippen LogP contribution in [-0.4, -0.2) is 34.9 Å². The molecule has 134 valence electrons. The molecule has 0 atom stereocenters. The summed E-state index contributed by atoms with van der Waals surface area (Å²) >= 11 is 3.37. The number of hydrogen-bond donors (Lipinski definition) is 1. The van der Waals surface area contributed by atoms with Crippen LogP contribution in [-0.2, 0) is 11.2 Å². The van der Waals surface area contributed by atoms with Crippen LogP contribution in [0.4, 0.5) is 0 Å². The van der Waals surface area contributed by atoms with Crippen LogP contribution in [0.3, 0.4) is 0 Å². The Morgan fingerprint density at radius 2 is 2.04 bits per heavy atom. The van der Waals surface area contributed by atoms with Crippen molar-refractivity contribution in [3.63, 3.8) is 0 Å². The summed E-state index contributed by atoms with van der Waals surface area (Å²) in [4.78, 5) is 15.2. The smallest absolute Gasteiger partial charge is 0.341 e. The molecule has 26 heavy (non-hydrogen) atoms. The molecule has 8 heteroatoms. The maximum Gasteiger partial charge on any atom is 0.341 e. The van der Waals surface area contributed by atoms with E-state index < -0.39 is 12.6 Å². The van der Waals surface area contributed by atoms with Crippen LogP contribution in [0.5, 0.6) is 11.5 Å². The number of benzene rings is 2. The number of aliphatic carboxylic acids is 1. The Labute approximate surface area is 157 Å². The molecule has 3 rings (SSSR count). The highest BCUT2D eigenvalue weighted by atomic mass is 79.9. The Hall–Kier alpha value is -2.87. The van der Waals surface area contributed by atoms with Gasteiger partial charge in [0.05, 0.1) is 12.7 Å². The van der Waals surface area contributed by atoms with Gasteiger partial charge in [-0.15, -0.1) is 0 Å². The molecule has 1 aromatic heterocycles. The van der Waals surface area contributed by atoms with Crippen molar-refractivity contribution in [2.45, 2.75) is 6.42 Å². The summed E-state index contributed by atoms with van der Waals surface area (Å²) in [5.74, 6) is 0.751. The molecule has 0 unspecified atom stereocenters. The van der Waals surface area contributed by atoms with Crippen molar-refractivity contribution >= 4 is 21.9 Å². The second-order valence-corrected chi connectivity index (χ2v) is 6.24. The van der Waals surface area contributed by atoms with Gasteiger partial charge >= 0.3 is 5.97 Å². The fourth-order valence-electron chi connectivity index (χ4n) is 2.39. The molecule has 0 aliphatic carbocycles. The van der Waals surface area contributed by atoms with E-state index in [-0.39, 0.29) is 5.89 Å². The van der Waals surface area contributed by atoms with Gasteiger partial charge in [0.15, 0.2) is 12.4 Å². The van der Waals surface area contributed by atoms with E-state index in [4.69, 9.17) is 19.1 Å². The fraction of sp³-hybridized carbons (Fsp3) is 0.167. The third-order valence-electron chi connectivity index (χ3n) is 3.53. The lowest BCUT2D eigenvalue weighted by Crippen LogP contribution is -2.10. The number of ether oxygens (including phenoxy) is 2. The average molecular weight is 419 g/mol. The molecule has 0 amide bonds. The van der Waals surface area contributed by atoms with Crippen molar-refractivity contribution in [3.8, 4) is 23.0 Å². The van der Waals surface area contributed by atoms with E-state index in [2.05, 4.69) is 26.1 Å². The van der Waals surface area contributed by atoms with Crippen LogP contribution in [0.15, 0.2) is 51.5 Å². The van der Waals surface area contributed by atoms with Gasteiger partial charge in [-0.3, -0.25) is 0 Å². The Balaban J connectivity index is 1.87. The minimum Gasteiger partial charge on any atom is -0.496 e. The van der Waals surface area contributed by atoms with Crippen LogP contribution >= 0.6 is 15.9 Å². The van der Waals surface area contributed by atoms with Crippen molar-refractivity contribution < 1.29 is 23.9 Å². The quantitative estimate of drug-likeness (QED) is 0.626. The van der Waals surface area contributed by atoms with Crippen LogP contribution in [0.2, 0.25) is 0 Å². The number of carboxylic acid groups (broad SMARTS) is 1. The molecule has 2 aromatic carbocycles. The molecular formula is C18H15BrN2O5. The van der Waals surface area contributed by atoms with E-state index >= 15 is 0 Å². The lowest BCUT2D eigenvalue weighted by Gasteiger charge is -2.07. The van der Waals surface area contributed by atoms with E-state index in [1.54, 1.807) is 25.3 Å². The zero-order valence-corrected chi connectivity index (χ0v) is 15.4. The monoisotopic (exact) mass is 418 g/mol. The number of carboxylic acids is 1.